The van der Waals surface area contributed by atoms with Crippen LogP contribution in [0.15, 0.2) is 48.5 Å². The summed E-state index contributed by atoms with van der Waals surface area (Å²) in [6.45, 7) is 2.33. The summed E-state index contributed by atoms with van der Waals surface area (Å²) in [4.78, 5) is 26.4. The lowest BCUT2D eigenvalue weighted by Gasteiger charge is -2.22. The predicted octanol–water partition coefficient (Wildman–Crippen LogP) is 3.44. The molecule has 3 rings (SSSR count). The lowest BCUT2D eigenvalue weighted by Crippen LogP contribution is -2.47. The number of amides is 3. The first-order chi connectivity index (χ1) is 11.5. The van der Waals surface area contributed by atoms with Gasteiger partial charge in [0.2, 0.25) is 5.91 Å². The molecular weight excluding hydrogens is 326 g/mol. The third kappa shape index (κ3) is 3.51. The van der Waals surface area contributed by atoms with Crippen LogP contribution in [0.3, 0.4) is 0 Å². The van der Waals surface area contributed by atoms with Crippen molar-refractivity contribution in [3.63, 3.8) is 0 Å². The third-order valence-electron chi connectivity index (χ3n) is 3.97. The van der Waals surface area contributed by atoms with E-state index >= 15 is 0 Å². The van der Waals surface area contributed by atoms with Crippen molar-refractivity contribution in [1.29, 1.82) is 0 Å². The van der Waals surface area contributed by atoms with Crippen LogP contribution in [0.4, 0.5) is 16.2 Å². The molecule has 1 atom stereocenters. The Morgan fingerprint density at radius 2 is 1.83 bits per heavy atom. The number of anilines is 2. The van der Waals surface area contributed by atoms with E-state index in [0.29, 0.717) is 17.3 Å². The van der Waals surface area contributed by atoms with Crippen molar-refractivity contribution in [3.8, 4) is 0 Å². The van der Waals surface area contributed by atoms with Crippen molar-refractivity contribution in [1.82, 2.24) is 5.32 Å². The predicted molar refractivity (Wildman–Crippen MR) is 95.6 cm³/mol. The monoisotopic (exact) mass is 343 g/mol. The normalized spacial score (nSPS) is 14.0. The van der Waals surface area contributed by atoms with Crippen molar-refractivity contribution in [2.24, 2.45) is 0 Å². The van der Waals surface area contributed by atoms with Gasteiger partial charge in [0.25, 0.3) is 0 Å². The van der Waals surface area contributed by atoms with Crippen molar-refractivity contribution in [3.05, 3.63) is 59.1 Å². The third-order valence-corrected chi connectivity index (χ3v) is 4.23. The minimum absolute atomic E-state index is 0.119. The zero-order valence-corrected chi connectivity index (χ0v) is 14.0. The molecule has 0 radical (unpaired) electrons. The van der Waals surface area contributed by atoms with Gasteiger partial charge in [-0.2, -0.15) is 0 Å². The molecule has 24 heavy (non-hydrogen) atoms. The molecule has 0 spiro atoms. The smallest absolute Gasteiger partial charge is 0.319 e. The summed E-state index contributed by atoms with van der Waals surface area (Å²) in [5, 5.41) is 5.96. The summed E-state index contributed by atoms with van der Waals surface area (Å²) in [6.07, 6.45) is 0.839. The maximum absolute atomic E-state index is 12.6. The van der Waals surface area contributed by atoms with Gasteiger partial charge in [-0.1, -0.05) is 29.8 Å². The van der Waals surface area contributed by atoms with Crippen molar-refractivity contribution in [2.75, 3.05) is 16.8 Å². The van der Waals surface area contributed by atoms with Gasteiger partial charge in [-0.15, -0.1) is 0 Å². The van der Waals surface area contributed by atoms with E-state index in [0.717, 1.165) is 17.7 Å². The highest BCUT2D eigenvalue weighted by Crippen LogP contribution is 2.27. The second kappa shape index (κ2) is 6.93. The fourth-order valence-electron chi connectivity index (χ4n) is 2.76. The number of hydrogen-bond donors (Lipinski definition) is 2. The first-order valence-corrected chi connectivity index (χ1v) is 8.15. The van der Waals surface area contributed by atoms with E-state index in [2.05, 4.69) is 10.6 Å². The fraction of sp³-hybridized carbons (Fsp3) is 0.222. The number of halogens is 1. The number of carbonyl (C=O) groups excluding carboxylic acids is 2. The Morgan fingerprint density at radius 1 is 1.12 bits per heavy atom. The molecule has 0 saturated heterocycles. The molecule has 6 heteroatoms. The number of fused-ring (bicyclic) bond motifs is 1. The van der Waals surface area contributed by atoms with Crippen LogP contribution in [0.2, 0.25) is 5.02 Å². The summed E-state index contributed by atoms with van der Waals surface area (Å²) in [5.74, 6) is -0.119. The molecular formula is C18H18ClN3O2. The molecule has 0 bridgehead atoms. The summed E-state index contributed by atoms with van der Waals surface area (Å²) in [7, 11) is 0. The van der Waals surface area contributed by atoms with Crippen LogP contribution < -0.4 is 15.5 Å². The molecule has 124 valence electrons. The zero-order valence-electron chi connectivity index (χ0n) is 13.3. The minimum atomic E-state index is -0.622. The highest BCUT2D eigenvalue weighted by Gasteiger charge is 2.28. The number of nitrogens with zero attached hydrogens (tertiary/aromatic N) is 1. The van der Waals surface area contributed by atoms with Gasteiger partial charge in [-0.25, -0.2) is 4.79 Å². The highest BCUT2D eigenvalue weighted by molar-refractivity contribution is 6.30. The van der Waals surface area contributed by atoms with E-state index in [9.17, 15) is 9.59 Å². The quantitative estimate of drug-likeness (QED) is 0.896. The molecule has 1 aliphatic heterocycles. The van der Waals surface area contributed by atoms with Crippen molar-refractivity contribution < 1.29 is 9.59 Å². The molecule has 1 aliphatic rings. The number of carbonyl (C=O) groups is 2. The van der Waals surface area contributed by atoms with Gasteiger partial charge in [0.1, 0.15) is 6.04 Å². The average Bonchev–Trinajstić information content (AvgIpc) is 3.00. The maximum atomic E-state index is 12.6. The highest BCUT2D eigenvalue weighted by atomic mass is 35.5. The lowest BCUT2D eigenvalue weighted by atomic mass is 10.2. The van der Waals surface area contributed by atoms with Crippen LogP contribution >= 0.6 is 11.6 Å². The van der Waals surface area contributed by atoms with Gasteiger partial charge in [0.15, 0.2) is 0 Å². The van der Waals surface area contributed by atoms with Gasteiger partial charge in [0.05, 0.1) is 0 Å². The van der Waals surface area contributed by atoms with E-state index in [-0.39, 0.29) is 5.91 Å². The van der Waals surface area contributed by atoms with Crippen LogP contribution in [0, 0.1) is 0 Å². The molecule has 0 aromatic heterocycles. The maximum Gasteiger partial charge on any atom is 0.319 e. The first kappa shape index (κ1) is 16.3. The zero-order chi connectivity index (χ0) is 17.1. The number of hydrogen-bond acceptors (Lipinski definition) is 2. The largest absolute Gasteiger partial charge is 0.326 e. The van der Waals surface area contributed by atoms with Crippen LogP contribution in [0.5, 0.6) is 0 Å². The SMILES string of the molecule is C[C@H](NC(=O)Nc1ccc(Cl)cc1)C(=O)N1CCc2ccccc21. The number of para-hydroxylation sites is 1. The van der Waals surface area contributed by atoms with E-state index in [4.69, 9.17) is 11.6 Å². The van der Waals surface area contributed by atoms with Crippen LogP contribution in [0.25, 0.3) is 0 Å². The Kier molecular flexibility index (Phi) is 4.71. The number of rotatable bonds is 3. The van der Waals surface area contributed by atoms with Crippen LogP contribution in [0.1, 0.15) is 12.5 Å². The molecule has 2 N–H and O–H groups in total. The molecule has 1 heterocycles. The van der Waals surface area contributed by atoms with Crippen molar-refractivity contribution >= 4 is 34.9 Å². The molecule has 0 saturated carbocycles. The average molecular weight is 344 g/mol. The molecule has 5 nitrogen and oxygen atoms in total. The number of urea groups is 1. The Morgan fingerprint density at radius 3 is 2.58 bits per heavy atom. The molecule has 2 aromatic rings. The van der Waals surface area contributed by atoms with Crippen LogP contribution in [-0.4, -0.2) is 24.5 Å². The molecule has 0 aliphatic carbocycles. The van der Waals surface area contributed by atoms with E-state index in [1.807, 2.05) is 24.3 Å². The summed E-state index contributed by atoms with van der Waals surface area (Å²) in [5.41, 5.74) is 2.70. The van der Waals surface area contributed by atoms with Crippen molar-refractivity contribution in [2.45, 2.75) is 19.4 Å². The molecule has 0 fully saturated rings. The second-order valence-corrected chi connectivity index (χ2v) is 6.13. The molecule has 0 unspecified atom stereocenters. The Balaban J connectivity index is 1.60. The Bertz CT molecular complexity index is 761. The Labute approximate surface area is 145 Å². The number of nitrogens with one attached hydrogen (secondary N) is 2. The van der Waals surface area contributed by atoms with Crippen LogP contribution in [-0.2, 0) is 11.2 Å². The summed E-state index contributed by atoms with van der Waals surface area (Å²) < 4.78 is 0. The topological polar surface area (TPSA) is 61.4 Å². The van der Waals surface area contributed by atoms with E-state index in [1.54, 1.807) is 36.1 Å². The minimum Gasteiger partial charge on any atom is -0.326 e. The molecule has 3 amide bonds. The van der Waals surface area contributed by atoms with E-state index in [1.165, 1.54) is 0 Å². The number of benzene rings is 2. The van der Waals surface area contributed by atoms with Gasteiger partial charge in [0, 0.05) is 22.9 Å². The van der Waals surface area contributed by atoms with E-state index < -0.39 is 12.1 Å². The lowest BCUT2D eigenvalue weighted by molar-refractivity contribution is -0.119. The fourth-order valence-corrected chi connectivity index (χ4v) is 2.89. The van der Waals surface area contributed by atoms with Gasteiger partial charge < -0.3 is 15.5 Å². The first-order valence-electron chi connectivity index (χ1n) is 7.77. The van der Waals surface area contributed by atoms with Gasteiger partial charge in [-0.05, 0) is 49.2 Å². The Hall–Kier alpha value is -2.53. The molecule has 2 aromatic carbocycles. The van der Waals surface area contributed by atoms with Gasteiger partial charge >= 0.3 is 6.03 Å². The second-order valence-electron chi connectivity index (χ2n) is 5.70. The summed E-state index contributed by atoms with van der Waals surface area (Å²) >= 11 is 5.81. The standard InChI is InChI=1S/C18H18ClN3O2/c1-12(20-18(24)21-15-8-6-14(19)7-9-15)17(23)22-11-10-13-4-2-3-5-16(13)22/h2-9,12H,10-11H2,1H3,(H2,20,21,24)/t12-/m0/s1. The van der Waals surface area contributed by atoms with Gasteiger partial charge in [-0.3, -0.25) is 4.79 Å². The summed E-state index contributed by atoms with van der Waals surface area (Å²) in [6, 6.07) is 13.6.